The molecule has 17 heavy (non-hydrogen) atoms. The van der Waals surface area contributed by atoms with Crippen molar-refractivity contribution in [2.45, 2.75) is 91.5 Å². The molecule has 104 valence electrons. The van der Waals surface area contributed by atoms with Gasteiger partial charge in [-0.15, -0.1) is 0 Å². The van der Waals surface area contributed by atoms with Gasteiger partial charge in [0.05, 0.1) is 16.8 Å². The van der Waals surface area contributed by atoms with Crippen molar-refractivity contribution in [2.75, 3.05) is 0 Å². The van der Waals surface area contributed by atoms with Crippen LogP contribution >= 0.6 is 0 Å². The zero-order valence-electron chi connectivity index (χ0n) is 13.3. The van der Waals surface area contributed by atoms with Crippen molar-refractivity contribution in [1.29, 1.82) is 0 Å². The van der Waals surface area contributed by atoms with E-state index in [0.717, 1.165) is 12.1 Å². The SMILES string of the molecule is CCC(C)N([SiH2][Si](CC)(CC)CC)C(C)CC. The second-order valence-corrected chi connectivity index (χ2v) is 17.4. The fraction of sp³-hybridized carbons (Fsp3) is 1.00. The first-order valence-electron chi connectivity index (χ1n) is 7.75. The predicted molar refractivity (Wildman–Crippen MR) is 87.1 cm³/mol. The van der Waals surface area contributed by atoms with Gasteiger partial charge in [0.25, 0.3) is 0 Å². The highest BCUT2D eigenvalue weighted by molar-refractivity contribution is 7.23. The molecule has 0 N–H and O–H groups in total. The predicted octanol–water partition coefficient (Wildman–Crippen LogP) is 3.97. The van der Waals surface area contributed by atoms with Gasteiger partial charge < -0.3 is 4.57 Å². The average Bonchev–Trinajstić information content (AvgIpc) is 2.39. The number of hydrogen-bond donors (Lipinski definition) is 0. The molecule has 0 fully saturated rings. The molecule has 0 aromatic heterocycles. The normalized spacial score (nSPS) is 16.9. The van der Waals surface area contributed by atoms with Gasteiger partial charge in [-0.25, -0.2) is 0 Å². The first-order valence-corrected chi connectivity index (χ1v) is 13.3. The monoisotopic (exact) mass is 273 g/mol. The van der Waals surface area contributed by atoms with E-state index >= 15 is 0 Å². The van der Waals surface area contributed by atoms with Crippen LogP contribution in [-0.2, 0) is 0 Å². The van der Waals surface area contributed by atoms with Gasteiger partial charge in [-0.3, -0.25) is 0 Å². The van der Waals surface area contributed by atoms with E-state index in [0.29, 0.717) is 0 Å². The van der Waals surface area contributed by atoms with E-state index in [9.17, 15) is 0 Å². The van der Waals surface area contributed by atoms with Gasteiger partial charge in [-0.05, 0) is 24.9 Å². The van der Waals surface area contributed by atoms with Crippen molar-refractivity contribution in [3.63, 3.8) is 0 Å². The first-order chi connectivity index (χ1) is 8.00. The zero-order valence-corrected chi connectivity index (χ0v) is 15.8. The standard InChI is InChI=1S/C14H35NSi2/c1-8-13(6)15(14(7)9-2)16-17(10-3,11-4)12-5/h13-14H,8-12,16H2,1-7H3. The highest BCUT2D eigenvalue weighted by atomic mass is 29.2. The molecule has 0 radical (unpaired) electrons. The first kappa shape index (κ1) is 17.4. The van der Waals surface area contributed by atoms with Gasteiger partial charge in [-0.2, -0.15) is 0 Å². The number of hydrogen-bond acceptors (Lipinski definition) is 1. The van der Waals surface area contributed by atoms with Crippen LogP contribution in [0.3, 0.4) is 0 Å². The molecule has 0 saturated heterocycles. The minimum atomic E-state index is -0.874. The summed E-state index contributed by atoms with van der Waals surface area (Å²) in [6.07, 6.45) is 2.64. The Kier molecular flexibility index (Phi) is 8.68. The molecule has 0 aliphatic carbocycles. The number of rotatable bonds is 9. The van der Waals surface area contributed by atoms with Crippen LogP contribution < -0.4 is 0 Å². The Morgan fingerprint density at radius 2 is 1.18 bits per heavy atom. The van der Waals surface area contributed by atoms with Crippen molar-refractivity contribution in [3.05, 3.63) is 0 Å². The van der Waals surface area contributed by atoms with E-state index < -0.39 is 7.59 Å². The quantitative estimate of drug-likeness (QED) is 0.575. The maximum atomic E-state index is 2.95. The molecule has 0 aliphatic heterocycles. The van der Waals surface area contributed by atoms with Gasteiger partial charge in [-0.1, -0.05) is 66.6 Å². The van der Waals surface area contributed by atoms with Crippen LogP contribution in [0.4, 0.5) is 0 Å². The van der Waals surface area contributed by atoms with Crippen molar-refractivity contribution in [2.24, 2.45) is 0 Å². The molecule has 0 rings (SSSR count). The molecule has 0 aromatic rings. The zero-order chi connectivity index (χ0) is 13.5. The summed E-state index contributed by atoms with van der Waals surface area (Å²) in [7, 11) is -0.886. The van der Waals surface area contributed by atoms with Crippen LogP contribution in [0.1, 0.15) is 61.3 Å². The smallest absolute Gasteiger partial charge is 0.0877 e. The molecule has 0 aromatic carbocycles. The second kappa shape index (κ2) is 8.49. The highest BCUT2D eigenvalue weighted by Crippen LogP contribution is 2.23. The molecule has 2 atom stereocenters. The molecule has 0 spiro atoms. The Hall–Kier alpha value is 0.394. The Morgan fingerprint density at radius 3 is 1.41 bits per heavy atom. The largest absolute Gasteiger partial charge is 0.326 e. The fourth-order valence-electron chi connectivity index (χ4n) is 2.69. The maximum absolute atomic E-state index is 2.95. The van der Waals surface area contributed by atoms with Gasteiger partial charge >= 0.3 is 0 Å². The fourth-order valence-corrected chi connectivity index (χ4v) is 13.0. The highest BCUT2D eigenvalue weighted by Gasteiger charge is 2.32. The van der Waals surface area contributed by atoms with Crippen molar-refractivity contribution >= 4 is 16.8 Å². The van der Waals surface area contributed by atoms with Gasteiger partial charge in [0.1, 0.15) is 0 Å². The summed E-state index contributed by atoms with van der Waals surface area (Å²) in [6, 6.07) is 6.15. The molecule has 0 bridgehead atoms. The van der Waals surface area contributed by atoms with Gasteiger partial charge in [0, 0.05) is 0 Å². The molecule has 2 unspecified atom stereocenters. The summed E-state index contributed by atoms with van der Waals surface area (Å²) >= 11 is 0. The summed E-state index contributed by atoms with van der Waals surface area (Å²) in [5.74, 6) is 0. The van der Waals surface area contributed by atoms with Crippen LogP contribution in [0.5, 0.6) is 0 Å². The van der Waals surface area contributed by atoms with Crippen LogP contribution in [-0.4, -0.2) is 33.4 Å². The van der Waals surface area contributed by atoms with Crippen LogP contribution in [0.25, 0.3) is 0 Å². The average molecular weight is 274 g/mol. The van der Waals surface area contributed by atoms with Crippen molar-refractivity contribution in [3.8, 4) is 0 Å². The molecule has 0 amide bonds. The Balaban J connectivity index is 4.82. The van der Waals surface area contributed by atoms with E-state index in [-0.39, 0.29) is 9.20 Å². The summed E-state index contributed by atoms with van der Waals surface area (Å²) in [6.45, 7) is 17.0. The van der Waals surface area contributed by atoms with E-state index in [2.05, 4.69) is 53.0 Å². The lowest BCUT2D eigenvalue weighted by atomic mass is 10.2. The summed E-state index contributed by atoms with van der Waals surface area (Å²) < 4.78 is 2.95. The van der Waals surface area contributed by atoms with E-state index in [1.54, 1.807) is 0 Å². The Labute approximate surface area is 113 Å². The lowest BCUT2D eigenvalue weighted by Crippen LogP contribution is -2.55. The molecule has 0 saturated carbocycles. The summed E-state index contributed by atoms with van der Waals surface area (Å²) in [4.78, 5) is 0. The molecular formula is C14H35NSi2. The third-order valence-electron chi connectivity index (χ3n) is 5.08. The minimum absolute atomic E-state index is 0.0123. The topological polar surface area (TPSA) is 3.24 Å². The second-order valence-electron chi connectivity index (χ2n) is 5.75. The van der Waals surface area contributed by atoms with Crippen molar-refractivity contribution in [1.82, 2.24) is 4.57 Å². The molecule has 3 heteroatoms. The van der Waals surface area contributed by atoms with E-state index in [1.807, 2.05) is 0 Å². The molecule has 1 nitrogen and oxygen atoms in total. The summed E-state index contributed by atoms with van der Waals surface area (Å²) in [5.41, 5.74) is 0. The summed E-state index contributed by atoms with van der Waals surface area (Å²) in [5, 5.41) is 0. The Bertz CT molecular complexity index is 174. The Morgan fingerprint density at radius 1 is 0.824 bits per heavy atom. The minimum Gasteiger partial charge on any atom is -0.326 e. The third-order valence-corrected chi connectivity index (χ3v) is 19.5. The van der Waals surface area contributed by atoms with E-state index in [4.69, 9.17) is 0 Å². The molecule has 0 aliphatic rings. The van der Waals surface area contributed by atoms with Crippen molar-refractivity contribution < 1.29 is 0 Å². The van der Waals surface area contributed by atoms with Crippen LogP contribution in [0.2, 0.25) is 18.1 Å². The molecule has 0 heterocycles. The molecular weight excluding hydrogens is 238 g/mol. The van der Waals surface area contributed by atoms with Gasteiger partial charge in [0.2, 0.25) is 0 Å². The van der Waals surface area contributed by atoms with Gasteiger partial charge in [0.15, 0.2) is 0 Å². The van der Waals surface area contributed by atoms with Crippen LogP contribution in [0.15, 0.2) is 0 Å². The van der Waals surface area contributed by atoms with Crippen LogP contribution in [0, 0.1) is 0 Å². The number of nitrogens with zero attached hydrogens (tertiary/aromatic N) is 1. The lowest BCUT2D eigenvalue weighted by Gasteiger charge is -2.41. The third kappa shape index (κ3) is 4.88. The lowest BCUT2D eigenvalue weighted by molar-refractivity contribution is 0.272. The van der Waals surface area contributed by atoms with E-state index in [1.165, 1.54) is 31.0 Å². The maximum Gasteiger partial charge on any atom is 0.0877 e.